The van der Waals surface area contributed by atoms with E-state index in [1.807, 2.05) is 18.6 Å². The van der Waals surface area contributed by atoms with Crippen molar-refractivity contribution in [2.75, 3.05) is 42.9 Å². The smallest absolute Gasteiger partial charge is 0.164 e. The van der Waals surface area contributed by atoms with Crippen LogP contribution in [0.5, 0.6) is 0 Å². The molecule has 0 amide bonds. The van der Waals surface area contributed by atoms with Crippen molar-refractivity contribution in [3.63, 3.8) is 0 Å². The van der Waals surface area contributed by atoms with E-state index in [2.05, 4.69) is 32.8 Å². The number of H-pyrrole nitrogens is 1. The van der Waals surface area contributed by atoms with Gasteiger partial charge in [-0.3, -0.25) is 0 Å². The van der Waals surface area contributed by atoms with Crippen LogP contribution < -0.4 is 10.6 Å². The summed E-state index contributed by atoms with van der Waals surface area (Å²) in [6.45, 7) is 4.13. The Bertz CT molecular complexity index is 998. The maximum Gasteiger partial charge on any atom is 0.164 e. The Hall–Kier alpha value is -2.83. The van der Waals surface area contributed by atoms with Gasteiger partial charge in [-0.25, -0.2) is 15.0 Å². The number of nitrogens with two attached hydrogens (primary N) is 1. The van der Waals surface area contributed by atoms with Crippen molar-refractivity contribution in [2.24, 2.45) is 0 Å². The average molecular weight is 398 g/mol. The van der Waals surface area contributed by atoms with Crippen LogP contribution in [0.15, 0.2) is 24.4 Å². The number of aromatic nitrogens is 4. The van der Waals surface area contributed by atoms with Gasteiger partial charge in [0, 0.05) is 29.8 Å². The number of nitrogen functional groups attached to an aromatic ring is 1. The quantitative estimate of drug-likeness (QED) is 0.678. The van der Waals surface area contributed by atoms with Crippen LogP contribution in [0, 0.1) is 11.3 Å². The van der Waals surface area contributed by atoms with Crippen molar-refractivity contribution < 1.29 is 4.74 Å². The molecule has 0 aliphatic carbocycles. The number of nitrogens with one attached hydrogen (secondary N) is 1. The minimum Gasteiger partial charge on any atom is -0.384 e. The van der Waals surface area contributed by atoms with E-state index in [4.69, 9.17) is 15.5 Å². The molecule has 0 saturated carbocycles. The number of hydrogen-bond donors (Lipinski definition) is 2. The molecule has 146 valence electrons. The molecule has 28 heavy (non-hydrogen) atoms. The van der Waals surface area contributed by atoms with E-state index in [0.717, 1.165) is 23.3 Å². The fourth-order valence-electron chi connectivity index (χ4n) is 3.07. The van der Waals surface area contributed by atoms with Crippen LogP contribution in [0.25, 0.3) is 22.4 Å². The van der Waals surface area contributed by atoms with Gasteiger partial charge in [0.2, 0.25) is 0 Å². The van der Waals surface area contributed by atoms with Gasteiger partial charge < -0.3 is 20.4 Å². The number of anilines is 2. The summed E-state index contributed by atoms with van der Waals surface area (Å²) in [5.74, 6) is 1.63. The molecule has 1 atom stereocenters. The first-order valence-corrected chi connectivity index (χ1v) is 10.5. The van der Waals surface area contributed by atoms with Gasteiger partial charge in [0.05, 0.1) is 19.3 Å². The molecule has 0 spiro atoms. The largest absolute Gasteiger partial charge is 0.384 e. The third-order valence-corrected chi connectivity index (χ3v) is 4.28. The lowest BCUT2D eigenvalue weighted by Crippen LogP contribution is -2.44. The molecule has 8 nitrogen and oxygen atoms in total. The maximum absolute atomic E-state index is 9.24. The van der Waals surface area contributed by atoms with Crippen molar-refractivity contribution in [3.05, 3.63) is 30.1 Å². The molecule has 0 bridgehead atoms. The number of morpholine rings is 1. The van der Waals surface area contributed by atoms with Crippen LogP contribution in [-0.2, 0) is 4.74 Å². The molecule has 3 N–H and O–H groups in total. The lowest BCUT2D eigenvalue weighted by Gasteiger charge is -2.34. The summed E-state index contributed by atoms with van der Waals surface area (Å²) in [5.41, 5.74) is 7.70. The van der Waals surface area contributed by atoms with E-state index in [1.165, 1.54) is 0 Å². The molecule has 1 aliphatic rings. The highest BCUT2D eigenvalue weighted by atomic mass is 32.2. The maximum atomic E-state index is 9.24. The summed E-state index contributed by atoms with van der Waals surface area (Å²) in [7, 11) is 0. The van der Waals surface area contributed by atoms with Crippen molar-refractivity contribution >= 4 is 34.4 Å². The van der Waals surface area contributed by atoms with E-state index in [0.29, 0.717) is 36.2 Å². The summed E-state index contributed by atoms with van der Waals surface area (Å²) < 4.78 is 5.49. The third-order valence-electron chi connectivity index (χ3n) is 4.28. The lowest BCUT2D eigenvalue weighted by atomic mass is 10.1. The summed E-state index contributed by atoms with van der Waals surface area (Å²) in [6.07, 6.45) is 5.86. The van der Waals surface area contributed by atoms with Gasteiger partial charge in [0.15, 0.2) is 5.82 Å². The highest BCUT2D eigenvalue weighted by Gasteiger charge is 2.22. The Morgan fingerprint density at radius 1 is 1.32 bits per heavy atom. The van der Waals surface area contributed by atoms with E-state index >= 15 is 0 Å². The molecule has 9 heteroatoms. The van der Waals surface area contributed by atoms with Crippen LogP contribution in [0.4, 0.5) is 11.6 Å². The zero-order valence-electron chi connectivity index (χ0n) is 16.1. The second-order valence-corrected chi connectivity index (χ2v) is 7.22. The lowest BCUT2D eigenvalue weighted by molar-refractivity contribution is 0.0985. The third kappa shape index (κ3) is 4.18. The Morgan fingerprint density at radius 2 is 2.11 bits per heavy atom. The molecule has 3 aromatic rings. The second-order valence-electron chi connectivity index (χ2n) is 6.41. The minimum atomic E-state index is 0.204. The van der Waals surface area contributed by atoms with Crippen molar-refractivity contribution in [2.45, 2.75) is 13.0 Å². The SMILES string of the molecule is CC1COCCN1c1cc(N)nc(-c2cc(C#N)nc3[nH]ccc23)n1.CSC. The average Bonchev–Trinajstić information content (AvgIpc) is 3.16. The Morgan fingerprint density at radius 3 is 2.82 bits per heavy atom. The summed E-state index contributed by atoms with van der Waals surface area (Å²) >= 11 is 1.75. The molecule has 0 aromatic carbocycles. The van der Waals surface area contributed by atoms with Gasteiger partial charge in [-0.2, -0.15) is 17.0 Å². The van der Waals surface area contributed by atoms with Gasteiger partial charge in [0.1, 0.15) is 29.0 Å². The topological polar surface area (TPSA) is 117 Å². The predicted molar refractivity (Wildman–Crippen MR) is 113 cm³/mol. The Labute approximate surface area is 168 Å². The summed E-state index contributed by atoms with van der Waals surface area (Å²) in [4.78, 5) is 18.5. The standard InChI is InChI=1S/C17H17N7O.C2H6S/c1-10-9-25-5-4-24(10)15-7-14(19)22-17(23-15)13-6-11(8-18)21-16-12(13)2-3-20-16;1-3-2/h2-3,6-7,10H,4-5,9H2,1H3,(H,20,21)(H2,19,22,23);1-2H3. The first kappa shape index (κ1) is 19.9. The normalized spacial score (nSPS) is 16.4. The number of aromatic amines is 1. The first-order valence-electron chi connectivity index (χ1n) is 8.85. The number of nitriles is 1. The van der Waals surface area contributed by atoms with Gasteiger partial charge >= 0.3 is 0 Å². The molecule has 1 saturated heterocycles. The van der Waals surface area contributed by atoms with E-state index in [9.17, 15) is 5.26 Å². The molecule has 1 fully saturated rings. The van der Waals surface area contributed by atoms with Gasteiger partial charge in [-0.05, 0) is 31.6 Å². The molecule has 1 unspecified atom stereocenters. The molecule has 4 heterocycles. The van der Waals surface area contributed by atoms with Crippen molar-refractivity contribution in [1.82, 2.24) is 19.9 Å². The zero-order chi connectivity index (χ0) is 20.1. The van der Waals surface area contributed by atoms with Gasteiger partial charge in [-0.15, -0.1) is 0 Å². The second kappa shape index (κ2) is 8.91. The van der Waals surface area contributed by atoms with Crippen LogP contribution in [-0.4, -0.2) is 58.2 Å². The highest BCUT2D eigenvalue weighted by molar-refractivity contribution is 7.97. The molecular weight excluding hydrogens is 374 g/mol. The molecular formula is C19H23N7OS. The first-order chi connectivity index (χ1) is 13.6. The molecule has 3 aromatic heterocycles. The number of thioether (sulfide) groups is 1. The Kier molecular flexibility index (Phi) is 6.34. The number of fused-ring (bicyclic) bond motifs is 1. The van der Waals surface area contributed by atoms with Crippen LogP contribution in [0.2, 0.25) is 0 Å². The number of hydrogen-bond acceptors (Lipinski definition) is 8. The summed E-state index contributed by atoms with van der Waals surface area (Å²) in [6, 6.07) is 7.63. The van der Waals surface area contributed by atoms with E-state index < -0.39 is 0 Å². The zero-order valence-corrected chi connectivity index (χ0v) is 17.0. The fraction of sp³-hybridized carbons (Fsp3) is 0.368. The van der Waals surface area contributed by atoms with Crippen molar-refractivity contribution in [3.8, 4) is 17.5 Å². The van der Waals surface area contributed by atoms with E-state index in [1.54, 1.807) is 30.1 Å². The molecule has 0 radical (unpaired) electrons. The van der Waals surface area contributed by atoms with Gasteiger partial charge in [-0.1, -0.05) is 0 Å². The molecule has 1 aliphatic heterocycles. The van der Waals surface area contributed by atoms with Crippen LogP contribution in [0.1, 0.15) is 12.6 Å². The number of rotatable bonds is 2. The highest BCUT2D eigenvalue weighted by Crippen LogP contribution is 2.29. The van der Waals surface area contributed by atoms with Crippen LogP contribution >= 0.6 is 11.8 Å². The monoisotopic (exact) mass is 397 g/mol. The van der Waals surface area contributed by atoms with E-state index in [-0.39, 0.29) is 6.04 Å². The minimum absolute atomic E-state index is 0.204. The number of ether oxygens (including phenoxy) is 1. The van der Waals surface area contributed by atoms with Gasteiger partial charge in [0.25, 0.3) is 0 Å². The fourth-order valence-corrected chi connectivity index (χ4v) is 3.07. The Balaban J connectivity index is 0.000000706. The predicted octanol–water partition coefficient (Wildman–Crippen LogP) is 2.68. The van der Waals surface area contributed by atoms with Crippen LogP contribution in [0.3, 0.4) is 0 Å². The van der Waals surface area contributed by atoms with Crippen molar-refractivity contribution in [1.29, 1.82) is 5.26 Å². The number of nitrogens with zero attached hydrogens (tertiary/aromatic N) is 5. The number of pyridine rings is 1. The molecule has 4 rings (SSSR count). The summed E-state index contributed by atoms with van der Waals surface area (Å²) in [5, 5.41) is 10.1.